The van der Waals surface area contributed by atoms with Gasteiger partial charge in [-0.1, -0.05) is 36.4 Å². The normalized spacial score (nSPS) is 22.8. The second-order valence-corrected chi connectivity index (χ2v) is 7.69. The van der Waals surface area contributed by atoms with Crippen molar-refractivity contribution in [3.63, 3.8) is 0 Å². The number of methoxy groups -OCH3 is 1. The lowest BCUT2D eigenvalue weighted by Crippen LogP contribution is -2.37. The Kier molecular flexibility index (Phi) is 4.38. The summed E-state index contributed by atoms with van der Waals surface area (Å²) in [6.45, 7) is 2.62. The molecular formula is C22H24N2O3. The topological polar surface area (TPSA) is 59.9 Å². The number of amides is 1. The molecule has 1 fully saturated rings. The first-order chi connectivity index (χ1) is 13.0. The fraction of sp³-hybridized carbons (Fsp3) is 0.364. The molecule has 0 saturated heterocycles. The van der Waals surface area contributed by atoms with Crippen molar-refractivity contribution < 1.29 is 14.3 Å². The number of nitrogens with zero attached hydrogens (tertiary/aromatic N) is 1. The van der Waals surface area contributed by atoms with Gasteiger partial charge in [-0.05, 0) is 43.0 Å². The van der Waals surface area contributed by atoms with E-state index in [0.29, 0.717) is 24.5 Å². The molecule has 1 heterocycles. The van der Waals surface area contributed by atoms with E-state index in [-0.39, 0.29) is 11.3 Å². The zero-order valence-corrected chi connectivity index (χ0v) is 15.7. The number of rotatable bonds is 6. The third kappa shape index (κ3) is 3.42. The summed E-state index contributed by atoms with van der Waals surface area (Å²) in [6.07, 6.45) is 4.40. The summed E-state index contributed by atoms with van der Waals surface area (Å²) in [4.78, 5) is 11.8. The van der Waals surface area contributed by atoms with Crippen molar-refractivity contribution in [2.45, 2.75) is 37.0 Å². The molecule has 0 bridgehead atoms. The van der Waals surface area contributed by atoms with E-state index in [1.54, 1.807) is 13.3 Å². The molecule has 4 rings (SSSR count). The maximum atomic E-state index is 11.8. The van der Waals surface area contributed by atoms with Crippen LogP contribution in [0.15, 0.2) is 53.6 Å². The molecule has 1 amide bonds. The van der Waals surface area contributed by atoms with Gasteiger partial charge in [0.2, 0.25) is 5.91 Å². The van der Waals surface area contributed by atoms with E-state index in [2.05, 4.69) is 34.8 Å². The molecule has 0 aromatic heterocycles. The van der Waals surface area contributed by atoms with Gasteiger partial charge in [-0.25, -0.2) is 5.43 Å². The number of carbonyl (C=O) groups is 1. The van der Waals surface area contributed by atoms with Gasteiger partial charge in [0.25, 0.3) is 0 Å². The molecular weight excluding hydrogens is 340 g/mol. The Morgan fingerprint density at radius 3 is 2.52 bits per heavy atom. The molecule has 1 unspecified atom stereocenters. The van der Waals surface area contributed by atoms with Crippen molar-refractivity contribution in [3.8, 4) is 11.5 Å². The number of benzene rings is 2. The number of hydrogen-bond acceptors (Lipinski definition) is 4. The van der Waals surface area contributed by atoms with Crippen molar-refractivity contribution >= 4 is 12.1 Å². The predicted molar refractivity (Wildman–Crippen MR) is 104 cm³/mol. The highest BCUT2D eigenvalue weighted by atomic mass is 16.5. The quantitative estimate of drug-likeness (QED) is 0.852. The molecule has 2 aliphatic rings. The van der Waals surface area contributed by atoms with Crippen molar-refractivity contribution in [2.24, 2.45) is 5.10 Å². The fourth-order valence-corrected chi connectivity index (χ4v) is 3.66. The van der Waals surface area contributed by atoms with E-state index in [1.807, 2.05) is 31.2 Å². The Labute approximate surface area is 159 Å². The van der Waals surface area contributed by atoms with Gasteiger partial charge in [-0.3, -0.25) is 4.79 Å². The minimum absolute atomic E-state index is 0.0840. The SMILES string of the molecule is COc1ccc(C2(C)C=NNC(=O)C2)cc1OCC1(c2ccccc2)CC1. The molecule has 2 aromatic carbocycles. The third-order valence-corrected chi connectivity index (χ3v) is 5.63. The number of carbonyl (C=O) groups excluding carboxylic acids is 1. The van der Waals surface area contributed by atoms with E-state index >= 15 is 0 Å². The molecule has 1 saturated carbocycles. The lowest BCUT2D eigenvalue weighted by Gasteiger charge is -2.28. The Morgan fingerprint density at radius 1 is 1.07 bits per heavy atom. The number of hydrazone groups is 1. The van der Waals surface area contributed by atoms with E-state index in [1.165, 1.54) is 5.56 Å². The van der Waals surface area contributed by atoms with Crippen LogP contribution < -0.4 is 14.9 Å². The molecule has 5 heteroatoms. The maximum Gasteiger partial charge on any atom is 0.241 e. The van der Waals surface area contributed by atoms with Gasteiger partial charge in [0.15, 0.2) is 11.5 Å². The largest absolute Gasteiger partial charge is 0.493 e. The van der Waals surface area contributed by atoms with Crippen LogP contribution in [-0.2, 0) is 15.6 Å². The van der Waals surface area contributed by atoms with Crippen LogP contribution in [0.2, 0.25) is 0 Å². The standard InChI is InChI=1S/C22H24N2O3/c1-21(13-20(25)24-23-14-21)17-8-9-18(26-2)19(12-17)27-15-22(10-11-22)16-6-4-3-5-7-16/h3-9,12,14H,10-11,13,15H2,1-2H3,(H,24,25). The van der Waals surface area contributed by atoms with Gasteiger partial charge in [-0.15, -0.1) is 0 Å². The number of hydrogen-bond donors (Lipinski definition) is 1. The van der Waals surface area contributed by atoms with E-state index < -0.39 is 5.41 Å². The second kappa shape index (κ2) is 6.72. The Hall–Kier alpha value is -2.82. The molecule has 27 heavy (non-hydrogen) atoms. The molecule has 5 nitrogen and oxygen atoms in total. The lowest BCUT2D eigenvalue weighted by atomic mass is 9.79. The molecule has 1 aliphatic carbocycles. The van der Waals surface area contributed by atoms with Gasteiger partial charge in [0.05, 0.1) is 13.7 Å². The maximum absolute atomic E-state index is 11.8. The van der Waals surface area contributed by atoms with Crippen LogP contribution in [0.5, 0.6) is 11.5 Å². The first-order valence-electron chi connectivity index (χ1n) is 9.25. The van der Waals surface area contributed by atoms with Crippen molar-refractivity contribution in [3.05, 3.63) is 59.7 Å². The van der Waals surface area contributed by atoms with Crippen LogP contribution >= 0.6 is 0 Å². The Balaban J connectivity index is 1.58. The predicted octanol–water partition coefficient (Wildman–Crippen LogP) is 3.57. The highest BCUT2D eigenvalue weighted by Gasteiger charge is 2.45. The molecule has 140 valence electrons. The van der Waals surface area contributed by atoms with Gasteiger partial charge >= 0.3 is 0 Å². The minimum atomic E-state index is -0.455. The summed E-state index contributed by atoms with van der Waals surface area (Å²) in [6, 6.07) is 16.4. The number of nitrogens with one attached hydrogen (secondary N) is 1. The number of ether oxygens (including phenoxy) is 2. The van der Waals surface area contributed by atoms with Crippen LogP contribution in [0.1, 0.15) is 37.3 Å². The van der Waals surface area contributed by atoms with Gasteiger partial charge in [-0.2, -0.15) is 5.10 Å². The van der Waals surface area contributed by atoms with Gasteiger partial charge < -0.3 is 9.47 Å². The smallest absolute Gasteiger partial charge is 0.241 e. The molecule has 1 atom stereocenters. The lowest BCUT2D eigenvalue weighted by molar-refractivity contribution is -0.122. The van der Waals surface area contributed by atoms with Crippen LogP contribution in [0.4, 0.5) is 0 Å². The zero-order valence-electron chi connectivity index (χ0n) is 15.7. The summed E-state index contributed by atoms with van der Waals surface area (Å²) in [5.41, 5.74) is 4.44. The van der Waals surface area contributed by atoms with Gasteiger partial charge in [0.1, 0.15) is 0 Å². The minimum Gasteiger partial charge on any atom is -0.493 e. The van der Waals surface area contributed by atoms with Gasteiger partial charge in [0, 0.05) is 23.5 Å². The average Bonchev–Trinajstić information content (AvgIpc) is 3.48. The van der Waals surface area contributed by atoms with Crippen molar-refractivity contribution in [2.75, 3.05) is 13.7 Å². The monoisotopic (exact) mass is 364 g/mol. The molecule has 2 aromatic rings. The highest BCUT2D eigenvalue weighted by Crippen LogP contribution is 2.49. The van der Waals surface area contributed by atoms with E-state index in [0.717, 1.165) is 18.4 Å². The summed E-state index contributed by atoms with van der Waals surface area (Å²) in [5.74, 6) is 1.32. The fourth-order valence-electron chi connectivity index (χ4n) is 3.66. The molecule has 0 spiro atoms. The molecule has 1 aliphatic heterocycles. The molecule has 1 N–H and O–H groups in total. The van der Waals surface area contributed by atoms with Crippen molar-refractivity contribution in [1.29, 1.82) is 0 Å². The summed E-state index contributed by atoms with van der Waals surface area (Å²) < 4.78 is 11.7. The first-order valence-corrected chi connectivity index (χ1v) is 9.25. The van der Waals surface area contributed by atoms with Crippen LogP contribution in [-0.4, -0.2) is 25.8 Å². The summed E-state index contributed by atoms with van der Waals surface area (Å²) in [5, 5.41) is 4.00. The van der Waals surface area contributed by atoms with Crippen LogP contribution in [0.3, 0.4) is 0 Å². The average molecular weight is 364 g/mol. The summed E-state index contributed by atoms with van der Waals surface area (Å²) >= 11 is 0. The van der Waals surface area contributed by atoms with Crippen LogP contribution in [0.25, 0.3) is 0 Å². The molecule has 0 radical (unpaired) electrons. The third-order valence-electron chi connectivity index (χ3n) is 5.63. The Bertz CT molecular complexity index is 874. The van der Waals surface area contributed by atoms with E-state index in [9.17, 15) is 4.79 Å². The summed E-state index contributed by atoms with van der Waals surface area (Å²) in [7, 11) is 1.64. The second-order valence-electron chi connectivity index (χ2n) is 7.69. The van der Waals surface area contributed by atoms with Crippen molar-refractivity contribution in [1.82, 2.24) is 5.43 Å². The zero-order chi connectivity index (χ0) is 18.9. The first kappa shape index (κ1) is 17.6. The van der Waals surface area contributed by atoms with Crippen LogP contribution in [0, 0.1) is 0 Å². The highest BCUT2D eigenvalue weighted by molar-refractivity contribution is 5.89. The Morgan fingerprint density at radius 2 is 1.85 bits per heavy atom. The van der Waals surface area contributed by atoms with E-state index in [4.69, 9.17) is 9.47 Å².